The Morgan fingerprint density at radius 2 is 0.444 bits per heavy atom. The minimum Gasteiger partial charge on any atom is -0.310 e. The van der Waals surface area contributed by atoms with Crippen LogP contribution in [-0.4, -0.2) is 29.1 Å². The molecule has 0 radical (unpaired) electrons. The largest absolute Gasteiger partial charge is 0.310 e. The Kier molecular flexibility index (Phi) is 16.3. The normalized spacial score (nSPS) is 11.8. The summed E-state index contributed by atoms with van der Waals surface area (Å²) in [5.74, 6) is 0.713. The highest BCUT2D eigenvalue weighted by atomic mass is 15.0. The van der Waals surface area contributed by atoms with Crippen LogP contribution in [0.15, 0.2) is 413 Å². The highest BCUT2D eigenvalue weighted by Gasteiger charge is 2.25. The maximum absolute atomic E-state index is 7.81. The number of nitrogens with zero attached hydrogens (tertiary/aromatic N) is 8. The first-order chi connectivity index (χ1) is 62.3. The lowest BCUT2D eigenvalue weighted by molar-refractivity contribution is 1.18. The number of aromatic nitrogens is 6. The molecular formula is C118H68N8. The third kappa shape index (κ3) is 11.9. The Hall–Kier alpha value is -17.3. The predicted molar refractivity (Wildman–Crippen MR) is 524 cm³/mol. The van der Waals surface area contributed by atoms with E-state index in [0.717, 1.165) is 128 Å². The standard InChI is InChI=1S/2C59H34N4/c1-60-49-32-45-26-25-44-29-47(33-53-57(44)58(45)54(34-49)63(53)50-15-9-4-10-16-50)37-19-17-36(18-20-37)46-27-40-21-23-42-30-48(31-43-24-22-41(28-46)55(40)56(42)43)59-61-51(38-11-5-2-6-12-38)35-52(62-59)39-13-7-3-8-14-39;1-60-50-33-43-22-21-42-29-47(34-54-58(42)59(43)55(35-50)63(54)51-9-3-2-4-10-51)37-15-13-36(14-16-37)44-25-38-17-19-40-27-45(28-41-20-18-39(26-44)56(38)57(40)41)46-30-48(52-11-5-7-23-61-52)32-49(31-46)53-12-6-8-24-62-53/h2*2-35H. The van der Waals surface area contributed by atoms with E-state index < -0.39 is 0 Å². The van der Waals surface area contributed by atoms with Gasteiger partial charge in [-0.25, -0.2) is 19.7 Å². The molecule has 0 unspecified atom stereocenters. The Bertz CT molecular complexity index is 8150. The molecule has 0 aliphatic heterocycles. The van der Waals surface area contributed by atoms with Crippen LogP contribution in [0, 0.1) is 13.1 Å². The van der Waals surface area contributed by atoms with Crippen molar-refractivity contribution >= 4 is 141 Å². The van der Waals surface area contributed by atoms with Gasteiger partial charge in [-0.1, -0.05) is 231 Å². The first-order valence-corrected chi connectivity index (χ1v) is 42.5. The van der Waals surface area contributed by atoms with Crippen molar-refractivity contribution in [2.45, 2.75) is 0 Å². The highest BCUT2D eigenvalue weighted by molar-refractivity contribution is 6.29. The molecule has 0 atom stereocenters. The average molecular weight is 1600 g/mol. The fourth-order valence-electron chi connectivity index (χ4n) is 19.9. The van der Waals surface area contributed by atoms with Gasteiger partial charge in [0.25, 0.3) is 0 Å². The second-order valence-corrected chi connectivity index (χ2v) is 33.0. The topological polar surface area (TPSA) is 70.1 Å². The van der Waals surface area contributed by atoms with E-state index in [-0.39, 0.29) is 0 Å². The van der Waals surface area contributed by atoms with Gasteiger partial charge in [0.1, 0.15) is 0 Å². The summed E-state index contributed by atoms with van der Waals surface area (Å²) in [5, 5.41) is 24.3. The average Bonchev–Trinajstić information content (AvgIpc) is 1.54. The van der Waals surface area contributed by atoms with E-state index >= 15 is 0 Å². The van der Waals surface area contributed by atoms with Crippen molar-refractivity contribution in [3.05, 3.63) is 436 Å². The lowest BCUT2D eigenvalue weighted by Gasteiger charge is -2.16. The van der Waals surface area contributed by atoms with Crippen LogP contribution in [0.2, 0.25) is 0 Å². The molecule has 5 heterocycles. The van der Waals surface area contributed by atoms with Gasteiger partial charge in [0, 0.05) is 84.2 Å². The van der Waals surface area contributed by atoms with Gasteiger partial charge in [-0.2, -0.15) is 0 Å². The zero-order valence-corrected chi connectivity index (χ0v) is 67.8. The van der Waals surface area contributed by atoms with Crippen LogP contribution in [0.3, 0.4) is 0 Å². The van der Waals surface area contributed by atoms with E-state index in [1.165, 1.54) is 119 Å². The van der Waals surface area contributed by atoms with Gasteiger partial charge >= 0.3 is 0 Å². The van der Waals surface area contributed by atoms with Gasteiger partial charge in [-0.05, 0) is 312 Å². The number of rotatable bonds is 12. The lowest BCUT2D eigenvalue weighted by atomic mass is 9.88. The van der Waals surface area contributed by atoms with Crippen LogP contribution in [0.1, 0.15) is 0 Å². The first kappa shape index (κ1) is 71.6. The minimum atomic E-state index is 0.649. The molecule has 26 aromatic rings. The number of pyridine rings is 2. The molecule has 0 aliphatic rings. The quantitative estimate of drug-likeness (QED) is 0.0903. The van der Waals surface area contributed by atoms with Crippen molar-refractivity contribution in [2.75, 3.05) is 0 Å². The van der Waals surface area contributed by atoms with Crippen LogP contribution >= 0.6 is 0 Å². The van der Waals surface area contributed by atoms with Crippen molar-refractivity contribution < 1.29 is 0 Å². The smallest absolute Gasteiger partial charge is 0.189 e. The van der Waals surface area contributed by atoms with Crippen molar-refractivity contribution in [1.82, 2.24) is 29.1 Å². The summed E-state index contributed by atoms with van der Waals surface area (Å²) >= 11 is 0. The zero-order valence-electron chi connectivity index (χ0n) is 67.8. The molecule has 580 valence electrons. The number of hydrogen-bond donors (Lipinski definition) is 0. The third-order valence-electron chi connectivity index (χ3n) is 25.7. The Morgan fingerprint density at radius 1 is 0.183 bits per heavy atom. The van der Waals surface area contributed by atoms with Gasteiger partial charge < -0.3 is 9.13 Å². The van der Waals surface area contributed by atoms with Crippen LogP contribution in [0.4, 0.5) is 11.4 Å². The summed E-state index contributed by atoms with van der Waals surface area (Å²) in [6.07, 6.45) is 3.70. The number of hydrogen-bond acceptors (Lipinski definition) is 4. The van der Waals surface area contributed by atoms with E-state index in [1.54, 1.807) is 0 Å². The fourth-order valence-corrected chi connectivity index (χ4v) is 19.9. The molecule has 0 spiro atoms. The predicted octanol–water partition coefficient (Wildman–Crippen LogP) is 31.9. The minimum absolute atomic E-state index is 0.649. The third-order valence-corrected chi connectivity index (χ3v) is 25.7. The molecular weight excluding hydrogens is 1530 g/mol. The van der Waals surface area contributed by atoms with Crippen molar-refractivity contribution in [3.8, 4) is 123 Å². The van der Waals surface area contributed by atoms with Crippen molar-refractivity contribution in [1.29, 1.82) is 0 Å². The molecule has 0 fully saturated rings. The van der Waals surface area contributed by atoms with E-state index in [9.17, 15) is 0 Å². The molecule has 0 amide bonds. The highest BCUT2D eigenvalue weighted by Crippen LogP contribution is 2.49. The lowest BCUT2D eigenvalue weighted by Crippen LogP contribution is -1.96. The summed E-state index contributed by atoms with van der Waals surface area (Å²) in [5.41, 5.74) is 28.5. The summed E-state index contributed by atoms with van der Waals surface area (Å²) in [6, 6.07) is 143. The van der Waals surface area contributed by atoms with E-state index in [4.69, 9.17) is 33.1 Å². The van der Waals surface area contributed by atoms with Gasteiger partial charge in [-0.3, -0.25) is 9.97 Å². The molecule has 5 aromatic heterocycles. The monoisotopic (exact) mass is 1600 g/mol. The van der Waals surface area contributed by atoms with E-state index in [2.05, 4.69) is 346 Å². The fraction of sp³-hybridized carbons (Fsp3) is 0. The maximum atomic E-state index is 7.81. The molecule has 0 bridgehead atoms. The van der Waals surface area contributed by atoms with Gasteiger partial charge in [0.15, 0.2) is 17.2 Å². The summed E-state index contributed by atoms with van der Waals surface area (Å²) < 4.78 is 4.64. The maximum Gasteiger partial charge on any atom is 0.189 e. The van der Waals surface area contributed by atoms with Gasteiger partial charge in [-0.15, -0.1) is 0 Å². The van der Waals surface area contributed by atoms with Crippen molar-refractivity contribution in [2.24, 2.45) is 0 Å². The second kappa shape index (κ2) is 28.7. The zero-order chi connectivity index (χ0) is 83.2. The summed E-state index contributed by atoms with van der Waals surface area (Å²) in [6.45, 7) is 15.6. The van der Waals surface area contributed by atoms with Gasteiger partial charge in [0.2, 0.25) is 0 Å². The summed E-state index contributed by atoms with van der Waals surface area (Å²) in [7, 11) is 0. The molecule has 0 N–H and O–H groups in total. The molecule has 0 saturated heterocycles. The molecule has 126 heavy (non-hydrogen) atoms. The number of benzene rings is 21. The molecule has 26 rings (SSSR count). The van der Waals surface area contributed by atoms with Crippen molar-refractivity contribution in [3.63, 3.8) is 0 Å². The van der Waals surface area contributed by atoms with E-state index in [0.29, 0.717) is 17.2 Å². The SMILES string of the molecule is [C-]#[N+]c1cc2ccc3cc(-c4ccc(-c5cc6ccc7cc(-c8cc(-c9ccccn9)cc(-c9ccccn9)c8)cc8ccc(c5)c6c78)cc4)cc4c3c2c(c1)n4-c1ccccc1.[C-]#[N+]c1cc2ccc3cc(-c4ccc(-c5cc6ccc7cc(-c8nc(-c9ccccc9)cc(-c9ccccc9)n8)cc8ccc(c5)c6c78)cc4)cc4c3c2c(c1)n4-c1ccccc1. The molecule has 0 saturated carbocycles. The molecule has 8 nitrogen and oxygen atoms in total. The van der Waals surface area contributed by atoms with Crippen LogP contribution in [0.5, 0.6) is 0 Å². The Labute approximate surface area is 724 Å². The Morgan fingerprint density at radius 3 is 0.762 bits per heavy atom. The first-order valence-electron chi connectivity index (χ1n) is 42.5. The van der Waals surface area contributed by atoms with Crippen LogP contribution < -0.4 is 0 Å². The van der Waals surface area contributed by atoms with Gasteiger partial charge in [0.05, 0.1) is 47.0 Å². The van der Waals surface area contributed by atoms with Crippen LogP contribution in [-0.2, 0) is 0 Å². The number of para-hydroxylation sites is 2. The van der Waals surface area contributed by atoms with Crippen LogP contribution in [0.25, 0.3) is 263 Å². The Balaban J connectivity index is 0.000000137. The molecule has 0 aliphatic carbocycles. The second-order valence-electron chi connectivity index (χ2n) is 33.0. The van der Waals surface area contributed by atoms with E-state index in [1.807, 2.05) is 85.2 Å². The molecule has 8 heteroatoms. The molecule has 21 aromatic carbocycles. The summed E-state index contributed by atoms with van der Waals surface area (Å²) in [4.78, 5) is 27.3.